The lowest BCUT2D eigenvalue weighted by Crippen LogP contribution is -2.61. The van der Waals surface area contributed by atoms with Crippen molar-refractivity contribution in [3.05, 3.63) is 47.6 Å². The van der Waals surface area contributed by atoms with Crippen LogP contribution in [-0.2, 0) is 52.5 Å². The maximum Gasteiger partial charge on any atom is 0.329 e. The number of piperidine rings is 1. The Balaban J connectivity index is 1.68. The summed E-state index contributed by atoms with van der Waals surface area (Å²) in [6, 6.07) is -1.22. The summed E-state index contributed by atoms with van der Waals surface area (Å²) < 4.78 is 29.4. The molecule has 0 spiro atoms. The maximum absolute atomic E-state index is 14.5. The molecule has 0 aromatic heterocycles. The molecule has 3 aliphatic heterocycles. The van der Waals surface area contributed by atoms with Crippen molar-refractivity contribution < 1.29 is 78.0 Å². The van der Waals surface area contributed by atoms with Crippen LogP contribution in [0.3, 0.4) is 0 Å². The quantitative estimate of drug-likeness (QED) is 0.115. The number of fused-ring (bicyclic) bond motifs is 3. The van der Waals surface area contributed by atoms with Gasteiger partial charge in [-0.15, -0.1) is 0 Å². The minimum atomic E-state index is -2.52. The summed E-state index contributed by atoms with van der Waals surface area (Å²) in [5.74, 6) is -9.65. The van der Waals surface area contributed by atoms with Crippen LogP contribution < -0.4 is 0 Å². The lowest BCUT2D eigenvalue weighted by Gasteiger charge is -2.42. The summed E-state index contributed by atoms with van der Waals surface area (Å²) in [5.41, 5.74) is -0.548. The molecule has 4 aliphatic rings. The third-order valence-electron chi connectivity index (χ3n) is 15.6. The SMILES string of the molecule is COC1C[C@H](C[C@@H](C)[C@@H]2CC(=O)[C@H](C)/C=C(\C)[C@@H](O)[C@@H](OC)C(=O)[C@H](C)C[C@H](C)/C=C/C=C/C=C(\C)C(O)C[C@@H]3CC[C@@H](C)[C@@](O)(O3)C(=O)C(=O)N3CCCCC3C(=O)O2)CC[C@H]1OC(=O)C(C)(CO)CO. The molecule has 4 rings (SSSR count). The summed E-state index contributed by atoms with van der Waals surface area (Å²) >= 11 is 0. The number of Topliss-reactive ketones (excluding diaryl/α,β-unsaturated/α-hetero) is 3. The molecular weight excluding hydrogens is 931 g/mol. The van der Waals surface area contributed by atoms with Crippen LogP contribution in [0.15, 0.2) is 47.6 Å². The average Bonchev–Trinajstić information content (AvgIpc) is 3.36. The number of carbonyl (C=O) groups is 6. The number of nitrogens with zero attached hydrogens (tertiary/aromatic N) is 1. The van der Waals surface area contributed by atoms with E-state index in [0.717, 1.165) is 4.90 Å². The molecule has 17 heteroatoms. The summed E-state index contributed by atoms with van der Waals surface area (Å²) in [6.45, 7) is 12.4. The van der Waals surface area contributed by atoms with Crippen molar-refractivity contribution in [2.45, 2.75) is 187 Å². The highest BCUT2D eigenvalue weighted by Crippen LogP contribution is 2.38. The maximum atomic E-state index is 14.5. The molecule has 1 amide bonds. The van der Waals surface area contributed by atoms with Gasteiger partial charge in [0.2, 0.25) is 5.79 Å². The van der Waals surface area contributed by atoms with Gasteiger partial charge >= 0.3 is 11.9 Å². The number of amides is 1. The van der Waals surface area contributed by atoms with E-state index in [2.05, 4.69) is 0 Å². The van der Waals surface area contributed by atoms with Crippen LogP contribution in [0.1, 0.15) is 132 Å². The van der Waals surface area contributed by atoms with E-state index in [1.807, 2.05) is 26.0 Å². The Hall–Kier alpha value is -3.94. The Kier molecular flexibility index (Phi) is 23.2. The first-order chi connectivity index (χ1) is 33.9. The minimum absolute atomic E-state index is 0.0247. The zero-order valence-electron chi connectivity index (χ0n) is 44.3. The molecule has 3 fully saturated rings. The smallest absolute Gasteiger partial charge is 0.329 e. The Morgan fingerprint density at radius 2 is 1.57 bits per heavy atom. The van der Waals surface area contributed by atoms with E-state index in [0.29, 0.717) is 68.9 Å². The fraction of sp³-hybridized carbons (Fsp3) is 0.745. The predicted octanol–water partition coefficient (Wildman–Crippen LogP) is 5.07. The molecular formula is C55H85NO16. The number of cyclic esters (lactones) is 1. The van der Waals surface area contributed by atoms with E-state index in [9.17, 15) is 54.3 Å². The number of allylic oxidation sites excluding steroid dienone is 6. The molecule has 406 valence electrons. The van der Waals surface area contributed by atoms with Crippen LogP contribution in [0.5, 0.6) is 0 Å². The summed E-state index contributed by atoms with van der Waals surface area (Å²) in [5, 5.41) is 54.1. The number of ether oxygens (including phenoxy) is 5. The van der Waals surface area contributed by atoms with Gasteiger partial charge < -0.3 is 54.1 Å². The molecule has 5 N–H and O–H groups in total. The summed E-state index contributed by atoms with van der Waals surface area (Å²) in [4.78, 5) is 85.1. The lowest BCUT2D eigenvalue weighted by molar-refractivity contribution is -0.265. The number of ketones is 3. The summed E-state index contributed by atoms with van der Waals surface area (Å²) in [7, 11) is 2.85. The van der Waals surface area contributed by atoms with E-state index in [1.54, 1.807) is 58.9 Å². The second-order valence-electron chi connectivity index (χ2n) is 21.6. The van der Waals surface area contributed by atoms with Gasteiger partial charge in [0.15, 0.2) is 5.78 Å². The van der Waals surface area contributed by atoms with Crippen molar-refractivity contribution in [1.82, 2.24) is 4.90 Å². The molecule has 0 aromatic rings. The van der Waals surface area contributed by atoms with Crippen molar-refractivity contribution in [2.75, 3.05) is 34.0 Å². The molecule has 15 atom stereocenters. The third kappa shape index (κ3) is 15.6. The van der Waals surface area contributed by atoms with Gasteiger partial charge in [0.1, 0.15) is 41.7 Å². The molecule has 0 aromatic carbocycles. The van der Waals surface area contributed by atoms with Crippen molar-refractivity contribution >= 4 is 35.2 Å². The fourth-order valence-corrected chi connectivity index (χ4v) is 10.4. The van der Waals surface area contributed by atoms with E-state index in [-0.39, 0.29) is 49.2 Å². The fourth-order valence-electron chi connectivity index (χ4n) is 10.4. The molecule has 3 heterocycles. The van der Waals surface area contributed by atoms with Crippen LogP contribution in [0.2, 0.25) is 0 Å². The average molecular weight is 1020 g/mol. The molecule has 3 unspecified atom stereocenters. The van der Waals surface area contributed by atoms with Crippen LogP contribution in [-0.4, -0.2) is 154 Å². The van der Waals surface area contributed by atoms with E-state index in [1.165, 1.54) is 21.1 Å². The van der Waals surface area contributed by atoms with Gasteiger partial charge in [-0.05, 0) is 114 Å². The Morgan fingerprint density at radius 1 is 0.875 bits per heavy atom. The van der Waals surface area contributed by atoms with Crippen LogP contribution in [0.25, 0.3) is 0 Å². The number of esters is 2. The number of aliphatic hydroxyl groups is 5. The first kappa shape index (κ1) is 60.6. The van der Waals surface area contributed by atoms with Crippen molar-refractivity contribution in [1.29, 1.82) is 0 Å². The minimum Gasteiger partial charge on any atom is -0.460 e. The van der Waals surface area contributed by atoms with Gasteiger partial charge in [0.05, 0.1) is 31.5 Å². The third-order valence-corrected chi connectivity index (χ3v) is 15.6. The highest BCUT2D eigenvalue weighted by molar-refractivity contribution is 6.39. The number of rotatable bonds is 9. The predicted molar refractivity (Wildman–Crippen MR) is 266 cm³/mol. The number of hydrogen-bond acceptors (Lipinski definition) is 16. The molecule has 0 radical (unpaired) electrons. The van der Waals surface area contributed by atoms with Crippen molar-refractivity contribution in [3.8, 4) is 0 Å². The standard InChI is InChI=1S/C55H85NO16/c1-32-16-12-11-13-17-33(2)42(59)28-40-21-19-38(7)55(67,72-40)50(63)51(64)56-23-15-14-18-41(56)52(65)70-45(29-43(60)34(3)25-37(6)48(62)49(69-10)47(61)36(5)24-32)35(4)26-39-20-22-44(46(27-39)68-9)71-53(66)54(8,30-57)31-58/h11-13,16-17,25,32,34-36,38-42,44-46,48-49,57-59,62,67H,14-15,18-24,26-31H2,1-10H3/b13-11+,16-12+,33-17+,37-25+/t32-,34-,35-,36-,38-,39+,40+,41?,42?,44-,45+,46?,48-,49+,55-/m1/s1. The molecule has 72 heavy (non-hydrogen) atoms. The highest BCUT2D eigenvalue weighted by atomic mass is 16.6. The zero-order valence-corrected chi connectivity index (χ0v) is 44.3. The van der Waals surface area contributed by atoms with Gasteiger partial charge in [0, 0.05) is 51.4 Å². The Labute approximate surface area is 426 Å². The van der Waals surface area contributed by atoms with Gasteiger partial charge in [-0.1, -0.05) is 71.1 Å². The first-order valence-electron chi connectivity index (χ1n) is 26.0. The molecule has 2 saturated heterocycles. The van der Waals surface area contributed by atoms with E-state index in [4.69, 9.17) is 23.7 Å². The van der Waals surface area contributed by atoms with Gasteiger partial charge in [-0.3, -0.25) is 24.0 Å². The molecule has 1 saturated carbocycles. The second-order valence-corrected chi connectivity index (χ2v) is 21.6. The van der Waals surface area contributed by atoms with E-state index >= 15 is 0 Å². The van der Waals surface area contributed by atoms with Crippen LogP contribution >= 0.6 is 0 Å². The van der Waals surface area contributed by atoms with Gasteiger partial charge in [-0.2, -0.15) is 0 Å². The van der Waals surface area contributed by atoms with Crippen molar-refractivity contribution in [2.24, 2.45) is 40.9 Å². The highest BCUT2D eigenvalue weighted by Gasteiger charge is 2.53. The lowest BCUT2D eigenvalue weighted by atomic mass is 9.78. The normalized spacial score (nSPS) is 37.8. The van der Waals surface area contributed by atoms with Crippen LogP contribution in [0.4, 0.5) is 0 Å². The first-order valence-corrected chi connectivity index (χ1v) is 26.0. The van der Waals surface area contributed by atoms with Gasteiger partial charge in [-0.25, -0.2) is 4.79 Å². The van der Waals surface area contributed by atoms with E-state index < -0.39 is 120 Å². The topological polar surface area (TPSA) is 253 Å². The summed E-state index contributed by atoms with van der Waals surface area (Å²) in [6.07, 6.45) is 8.11. The van der Waals surface area contributed by atoms with Crippen molar-refractivity contribution in [3.63, 3.8) is 0 Å². The number of hydrogen-bond donors (Lipinski definition) is 5. The molecule has 1 aliphatic carbocycles. The Bertz CT molecular complexity index is 1990. The van der Waals surface area contributed by atoms with Crippen LogP contribution in [0, 0.1) is 40.9 Å². The second kappa shape index (κ2) is 27.6. The van der Waals surface area contributed by atoms with Gasteiger partial charge in [0.25, 0.3) is 11.7 Å². The zero-order chi connectivity index (χ0) is 53.7. The Morgan fingerprint density at radius 3 is 2.22 bits per heavy atom. The largest absolute Gasteiger partial charge is 0.460 e. The monoisotopic (exact) mass is 1020 g/mol. The molecule has 17 nitrogen and oxygen atoms in total. The number of methoxy groups -OCH3 is 2. The number of carbonyl (C=O) groups excluding carboxylic acids is 6. The number of aliphatic hydroxyl groups excluding tert-OH is 4. The molecule has 2 bridgehead atoms.